The van der Waals surface area contributed by atoms with Gasteiger partial charge in [0.25, 0.3) is 0 Å². The van der Waals surface area contributed by atoms with Crippen LogP contribution in [0.5, 0.6) is 0 Å². The summed E-state index contributed by atoms with van der Waals surface area (Å²) in [6, 6.07) is 0. The zero-order valence-electron chi connectivity index (χ0n) is 7.52. The second-order valence-corrected chi connectivity index (χ2v) is 3.46. The lowest BCUT2D eigenvalue weighted by atomic mass is 9.92. The Kier molecular flexibility index (Phi) is 4.67. The van der Waals surface area contributed by atoms with Gasteiger partial charge < -0.3 is 0 Å². The maximum Gasteiger partial charge on any atom is 0.100 e. The molecule has 1 heteroatoms. The Hall–Kier alpha value is -0.0700. The van der Waals surface area contributed by atoms with Crippen LogP contribution in [0.25, 0.3) is 0 Å². The number of hydrogen-bond acceptors (Lipinski definition) is 0. The van der Waals surface area contributed by atoms with Gasteiger partial charge >= 0.3 is 0 Å². The first-order valence-electron chi connectivity index (χ1n) is 4.22. The highest BCUT2D eigenvalue weighted by Gasteiger charge is 2.12. The molecule has 0 radical (unpaired) electrons. The van der Waals surface area contributed by atoms with Crippen LogP contribution in [0.1, 0.15) is 40.5 Å². The summed E-state index contributed by atoms with van der Waals surface area (Å²) in [4.78, 5) is 0. The molecular formula is C9H19F. The average molecular weight is 146 g/mol. The van der Waals surface area contributed by atoms with Gasteiger partial charge in [-0.05, 0) is 24.7 Å². The third kappa shape index (κ3) is 3.86. The molecule has 0 rings (SSSR count). The number of alkyl halides is 1. The van der Waals surface area contributed by atoms with Crippen molar-refractivity contribution in [1.82, 2.24) is 0 Å². The van der Waals surface area contributed by atoms with Crippen molar-refractivity contribution in [3.05, 3.63) is 0 Å². The first-order chi connectivity index (χ1) is 4.57. The van der Waals surface area contributed by atoms with Crippen molar-refractivity contribution in [2.24, 2.45) is 11.8 Å². The van der Waals surface area contributed by atoms with Crippen LogP contribution in [-0.4, -0.2) is 6.17 Å². The number of halogens is 1. The molecule has 0 spiro atoms. The lowest BCUT2D eigenvalue weighted by Gasteiger charge is -2.16. The molecule has 0 aromatic heterocycles. The van der Waals surface area contributed by atoms with Crippen molar-refractivity contribution in [2.75, 3.05) is 0 Å². The second-order valence-electron chi connectivity index (χ2n) is 3.46. The van der Waals surface area contributed by atoms with Gasteiger partial charge in [0.1, 0.15) is 6.17 Å². The molecule has 62 valence electrons. The zero-order valence-corrected chi connectivity index (χ0v) is 7.52. The van der Waals surface area contributed by atoms with Crippen LogP contribution in [0.4, 0.5) is 4.39 Å². The van der Waals surface area contributed by atoms with Crippen LogP contribution in [0.15, 0.2) is 0 Å². The lowest BCUT2D eigenvalue weighted by Crippen LogP contribution is -2.10. The van der Waals surface area contributed by atoms with E-state index in [1.807, 2.05) is 6.92 Å². The number of hydrogen-bond donors (Lipinski definition) is 0. The monoisotopic (exact) mass is 146 g/mol. The smallest absolute Gasteiger partial charge is 0.100 e. The molecule has 0 bridgehead atoms. The van der Waals surface area contributed by atoms with Gasteiger partial charge in [-0.25, -0.2) is 4.39 Å². The minimum Gasteiger partial charge on any atom is -0.247 e. The largest absolute Gasteiger partial charge is 0.247 e. The molecule has 0 aromatic rings. The quantitative estimate of drug-likeness (QED) is 0.570. The molecule has 0 saturated carbocycles. The molecular weight excluding hydrogens is 127 g/mol. The normalized spacial score (nSPS) is 17.4. The van der Waals surface area contributed by atoms with Crippen molar-refractivity contribution in [1.29, 1.82) is 0 Å². The summed E-state index contributed by atoms with van der Waals surface area (Å²) in [7, 11) is 0. The highest BCUT2D eigenvalue weighted by Crippen LogP contribution is 2.18. The van der Waals surface area contributed by atoms with Crippen LogP contribution in [0.2, 0.25) is 0 Å². The van der Waals surface area contributed by atoms with Gasteiger partial charge in [-0.15, -0.1) is 0 Å². The summed E-state index contributed by atoms with van der Waals surface area (Å²) in [5, 5.41) is 0. The van der Waals surface area contributed by atoms with Crippen molar-refractivity contribution >= 4 is 0 Å². The fourth-order valence-electron chi connectivity index (χ4n) is 0.842. The zero-order chi connectivity index (χ0) is 8.15. The summed E-state index contributed by atoms with van der Waals surface area (Å²) < 4.78 is 12.7. The Morgan fingerprint density at radius 1 is 1.20 bits per heavy atom. The first-order valence-corrected chi connectivity index (χ1v) is 4.22. The Morgan fingerprint density at radius 3 is 2.00 bits per heavy atom. The van der Waals surface area contributed by atoms with Crippen LogP contribution in [0.3, 0.4) is 0 Å². The Labute approximate surface area is 63.8 Å². The van der Waals surface area contributed by atoms with Gasteiger partial charge in [0.2, 0.25) is 0 Å². The molecule has 0 N–H and O–H groups in total. The fourth-order valence-corrected chi connectivity index (χ4v) is 0.842. The van der Waals surface area contributed by atoms with Crippen molar-refractivity contribution in [2.45, 2.75) is 46.7 Å². The van der Waals surface area contributed by atoms with Crippen molar-refractivity contribution in [3.8, 4) is 0 Å². The van der Waals surface area contributed by atoms with Gasteiger partial charge in [0.05, 0.1) is 0 Å². The average Bonchev–Trinajstić information content (AvgIpc) is 1.87. The van der Waals surface area contributed by atoms with E-state index in [0.717, 1.165) is 6.42 Å². The molecule has 0 heterocycles. The van der Waals surface area contributed by atoms with Crippen LogP contribution >= 0.6 is 0 Å². The summed E-state index contributed by atoms with van der Waals surface area (Å²) in [6.45, 7) is 8.31. The maximum atomic E-state index is 12.7. The van der Waals surface area contributed by atoms with Gasteiger partial charge in [-0.1, -0.05) is 27.7 Å². The molecule has 0 amide bonds. The van der Waals surface area contributed by atoms with Gasteiger partial charge in [0, 0.05) is 0 Å². The Morgan fingerprint density at radius 2 is 1.70 bits per heavy atom. The van der Waals surface area contributed by atoms with E-state index in [1.165, 1.54) is 0 Å². The lowest BCUT2D eigenvalue weighted by molar-refractivity contribution is 0.239. The minimum atomic E-state index is -0.586. The Balaban J connectivity index is 3.46. The van der Waals surface area contributed by atoms with E-state index in [0.29, 0.717) is 18.3 Å². The number of rotatable bonds is 4. The summed E-state index contributed by atoms with van der Waals surface area (Å²) in [6.07, 6.45) is 0.808. The van der Waals surface area contributed by atoms with Crippen molar-refractivity contribution < 1.29 is 4.39 Å². The maximum absolute atomic E-state index is 12.7. The van der Waals surface area contributed by atoms with Crippen LogP contribution < -0.4 is 0 Å². The van der Waals surface area contributed by atoms with E-state index in [1.54, 1.807) is 0 Å². The third-order valence-electron chi connectivity index (χ3n) is 2.21. The summed E-state index contributed by atoms with van der Waals surface area (Å²) >= 11 is 0. The standard InChI is InChI=1S/C9H19F/c1-5-9(10)6-8(4)7(2)3/h7-9H,5-6H2,1-4H3. The van der Waals surface area contributed by atoms with E-state index >= 15 is 0 Å². The second kappa shape index (κ2) is 4.70. The molecule has 10 heavy (non-hydrogen) atoms. The van der Waals surface area contributed by atoms with Gasteiger partial charge in [-0.2, -0.15) is 0 Å². The molecule has 0 aliphatic rings. The SMILES string of the molecule is CCC(F)CC(C)C(C)C. The molecule has 0 aliphatic carbocycles. The van der Waals surface area contributed by atoms with Gasteiger partial charge in [-0.3, -0.25) is 0 Å². The first kappa shape index (κ1) is 9.93. The Bertz CT molecular complexity index is 78.8. The predicted molar refractivity (Wildman–Crippen MR) is 43.8 cm³/mol. The van der Waals surface area contributed by atoms with E-state index in [-0.39, 0.29) is 0 Å². The van der Waals surface area contributed by atoms with E-state index in [9.17, 15) is 4.39 Å². The molecule has 0 nitrogen and oxygen atoms in total. The summed E-state index contributed by atoms with van der Waals surface area (Å²) in [5.41, 5.74) is 0. The molecule has 2 atom stereocenters. The van der Waals surface area contributed by atoms with E-state index in [2.05, 4.69) is 20.8 Å². The highest BCUT2D eigenvalue weighted by atomic mass is 19.1. The highest BCUT2D eigenvalue weighted by molar-refractivity contribution is 4.62. The van der Waals surface area contributed by atoms with Gasteiger partial charge in [0.15, 0.2) is 0 Å². The summed E-state index contributed by atoms with van der Waals surface area (Å²) in [5.74, 6) is 1.14. The van der Waals surface area contributed by atoms with Crippen molar-refractivity contribution in [3.63, 3.8) is 0 Å². The molecule has 2 unspecified atom stereocenters. The minimum absolute atomic E-state index is 0.523. The van der Waals surface area contributed by atoms with Crippen LogP contribution in [0, 0.1) is 11.8 Å². The topological polar surface area (TPSA) is 0 Å². The molecule has 0 fully saturated rings. The molecule has 0 aliphatic heterocycles. The molecule has 0 saturated heterocycles. The predicted octanol–water partition coefficient (Wildman–Crippen LogP) is 3.42. The third-order valence-corrected chi connectivity index (χ3v) is 2.21. The molecule has 0 aromatic carbocycles. The van der Waals surface area contributed by atoms with Crippen LogP contribution in [-0.2, 0) is 0 Å². The van der Waals surface area contributed by atoms with E-state index < -0.39 is 6.17 Å². The fraction of sp³-hybridized carbons (Fsp3) is 1.00. The van der Waals surface area contributed by atoms with E-state index in [4.69, 9.17) is 0 Å².